The number of anilines is 4. The molecular weight excluding hydrogens is 420 g/mol. The molecule has 3 rings (SSSR count). The Morgan fingerprint density at radius 1 is 1.00 bits per heavy atom. The SMILES string of the molecule is COc1cc(Cc2cnc(N)nc2N)cc(OC)c1OCCCNc1ccc(N(C)C)cc1. The second-order valence-corrected chi connectivity index (χ2v) is 7.72. The summed E-state index contributed by atoms with van der Waals surface area (Å²) in [5.41, 5.74) is 15.5. The third-order valence-electron chi connectivity index (χ3n) is 5.11. The number of hydrogen-bond acceptors (Lipinski definition) is 9. The van der Waals surface area contributed by atoms with Crippen LogP contribution in [0.5, 0.6) is 17.2 Å². The van der Waals surface area contributed by atoms with Crippen LogP contribution < -0.4 is 35.9 Å². The second kappa shape index (κ2) is 11.1. The quantitative estimate of drug-likeness (QED) is 0.377. The summed E-state index contributed by atoms with van der Waals surface area (Å²) in [5, 5.41) is 3.41. The molecule has 0 radical (unpaired) electrons. The number of nitrogens with one attached hydrogen (secondary N) is 1. The van der Waals surface area contributed by atoms with Gasteiger partial charge in [-0.1, -0.05) is 0 Å². The van der Waals surface area contributed by atoms with Crippen molar-refractivity contribution in [2.75, 3.05) is 63.2 Å². The molecule has 1 heterocycles. The van der Waals surface area contributed by atoms with Crippen LogP contribution in [0.1, 0.15) is 17.5 Å². The van der Waals surface area contributed by atoms with Crippen LogP contribution in [0.25, 0.3) is 0 Å². The van der Waals surface area contributed by atoms with Gasteiger partial charge in [0.25, 0.3) is 0 Å². The van der Waals surface area contributed by atoms with E-state index in [9.17, 15) is 0 Å². The molecule has 0 unspecified atom stereocenters. The lowest BCUT2D eigenvalue weighted by Crippen LogP contribution is -2.10. The molecule has 0 fully saturated rings. The Bertz CT molecular complexity index is 1030. The van der Waals surface area contributed by atoms with Gasteiger partial charge in [-0.2, -0.15) is 4.98 Å². The molecule has 0 saturated carbocycles. The number of nitrogens with two attached hydrogens (primary N) is 2. The molecular formula is C24H32N6O3. The Balaban J connectivity index is 1.60. The Morgan fingerprint density at radius 3 is 2.24 bits per heavy atom. The fourth-order valence-corrected chi connectivity index (χ4v) is 3.33. The number of rotatable bonds is 11. The molecule has 2 aromatic carbocycles. The van der Waals surface area contributed by atoms with Crippen molar-refractivity contribution in [3.05, 3.63) is 53.7 Å². The van der Waals surface area contributed by atoms with Crippen molar-refractivity contribution in [3.63, 3.8) is 0 Å². The van der Waals surface area contributed by atoms with Gasteiger partial charge in [-0.3, -0.25) is 0 Å². The predicted molar refractivity (Wildman–Crippen MR) is 133 cm³/mol. The van der Waals surface area contributed by atoms with Crippen molar-refractivity contribution in [2.45, 2.75) is 12.8 Å². The highest BCUT2D eigenvalue weighted by Crippen LogP contribution is 2.39. The van der Waals surface area contributed by atoms with Crippen molar-refractivity contribution in [1.82, 2.24) is 9.97 Å². The van der Waals surface area contributed by atoms with E-state index in [-0.39, 0.29) is 5.95 Å². The lowest BCUT2D eigenvalue weighted by atomic mass is 10.1. The molecule has 0 atom stereocenters. The number of hydrogen-bond donors (Lipinski definition) is 3. The standard InChI is InChI=1S/C24H32N6O3/c1-30(2)19-8-6-18(7-9-19)27-10-5-11-33-22-20(31-3)13-16(14-21(22)32-4)12-17-15-28-24(26)29-23(17)25/h6-9,13-15,27H,5,10-12H2,1-4H3,(H4,25,26,28,29). The first-order valence-electron chi connectivity index (χ1n) is 10.7. The first kappa shape index (κ1) is 23.8. The van der Waals surface area contributed by atoms with Crippen LogP contribution in [-0.4, -0.2) is 51.4 Å². The van der Waals surface area contributed by atoms with Gasteiger partial charge in [0.15, 0.2) is 11.5 Å². The lowest BCUT2D eigenvalue weighted by molar-refractivity contribution is 0.273. The first-order valence-corrected chi connectivity index (χ1v) is 10.7. The molecule has 9 nitrogen and oxygen atoms in total. The van der Waals surface area contributed by atoms with Crippen molar-refractivity contribution in [2.24, 2.45) is 0 Å². The van der Waals surface area contributed by atoms with Crippen LogP contribution in [0, 0.1) is 0 Å². The number of ether oxygens (including phenoxy) is 3. The molecule has 0 aliphatic rings. The molecule has 0 spiro atoms. The number of benzene rings is 2. The van der Waals surface area contributed by atoms with Crippen LogP contribution in [0.2, 0.25) is 0 Å². The number of nitrogens with zero attached hydrogens (tertiary/aromatic N) is 3. The van der Waals surface area contributed by atoms with Crippen molar-refractivity contribution in [1.29, 1.82) is 0 Å². The van der Waals surface area contributed by atoms with Crippen LogP contribution in [0.4, 0.5) is 23.1 Å². The normalized spacial score (nSPS) is 10.5. The third-order valence-corrected chi connectivity index (χ3v) is 5.11. The van der Waals surface area contributed by atoms with Gasteiger partial charge in [0.2, 0.25) is 11.7 Å². The maximum absolute atomic E-state index is 6.02. The Kier molecular flexibility index (Phi) is 8.01. The third kappa shape index (κ3) is 6.31. The molecule has 176 valence electrons. The Labute approximate surface area is 194 Å². The van der Waals surface area contributed by atoms with Gasteiger partial charge in [0.1, 0.15) is 5.82 Å². The van der Waals surface area contributed by atoms with E-state index in [2.05, 4.69) is 44.5 Å². The van der Waals surface area contributed by atoms with Crippen LogP contribution >= 0.6 is 0 Å². The largest absolute Gasteiger partial charge is 0.493 e. The summed E-state index contributed by atoms with van der Waals surface area (Å²) < 4.78 is 17.2. The van der Waals surface area contributed by atoms with Crippen molar-refractivity contribution in [3.8, 4) is 17.2 Å². The molecule has 0 bridgehead atoms. The van der Waals surface area contributed by atoms with E-state index in [1.165, 1.54) is 0 Å². The molecule has 0 aliphatic carbocycles. The monoisotopic (exact) mass is 452 g/mol. The van der Waals surface area contributed by atoms with Gasteiger partial charge in [-0.05, 0) is 48.4 Å². The van der Waals surface area contributed by atoms with Gasteiger partial charge in [-0.25, -0.2) is 4.98 Å². The lowest BCUT2D eigenvalue weighted by Gasteiger charge is -2.17. The van der Waals surface area contributed by atoms with Gasteiger partial charge in [-0.15, -0.1) is 0 Å². The zero-order valence-corrected chi connectivity index (χ0v) is 19.6. The number of methoxy groups -OCH3 is 2. The average Bonchev–Trinajstić information content (AvgIpc) is 2.81. The molecule has 1 aromatic heterocycles. The van der Waals surface area contributed by atoms with Gasteiger partial charge >= 0.3 is 0 Å². The maximum atomic E-state index is 6.02. The number of nitrogen functional groups attached to an aromatic ring is 2. The highest BCUT2D eigenvalue weighted by atomic mass is 16.5. The first-order chi connectivity index (χ1) is 15.9. The summed E-state index contributed by atoms with van der Waals surface area (Å²) >= 11 is 0. The van der Waals surface area contributed by atoms with Crippen molar-refractivity contribution >= 4 is 23.1 Å². The minimum Gasteiger partial charge on any atom is -0.493 e. The number of aromatic nitrogens is 2. The fraction of sp³-hybridized carbons (Fsp3) is 0.333. The summed E-state index contributed by atoms with van der Waals surface area (Å²) in [4.78, 5) is 10.1. The van der Waals surface area contributed by atoms with Gasteiger partial charge in [0.05, 0.1) is 20.8 Å². The maximum Gasteiger partial charge on any atom is 0.221 e. The fourth-order valence-electron chi connectivity index (χ4n) is 3.33. The summed E-state index contributed by atoms with van der Waals surface area (Å²) in [6.07, 6.45) is 2.94. The summed E-state index contributed by atoms with van der Waals surface area (Å²) in [6.45, 7) is 1.29. The summed E-state index contributed by atoms with van der Waals surface area (Å²) in [5.74, 6) is 2.25. The predicted octanol–water partition coefficient (Wildman–Crippen LogP) is 3.20. The smallest absolute Gasteiger partial charge is 0.221 e. The van der Waals surface area contributed by atoms with E-state index in [1.807, 2.05) is 26.2 Å². The average molecular weight is 453 g/mol. The van der Waals surface area contributed by atoms with E-state index in [0.717, 1.165) is 35.5 Å². The van der Waals surface area contributed by atoms with Crippen LogP contribution in [0.15, 0.2) is 42.6 Å². The Hall–Kier alpha value is -3.88. The van der Waals surface area contributed by atoms with E-state index < -0.39 is 0 Å². The molecule has 0 amide bonds. The van der Waals surface area contributed by atoms with Crippen LogP contribution in [0.3, 0.4) is 0 Å². The molecule has 0 aliphatic heterocycles. The highest BCUT2D eigenvalue weighted by molar-refractivity contribution is 5.56. The molecule has 9 heteroatoms. The zero-order chi connectivity index (χ0) is 23.8. The van der Waals surface area contributed by atoms with E-state index in [0.29, 0.717) is 36.1 Å². The minimum absolute atomic E-state index is 0.148. The van der Waals surface area contributed by atoms with Gasteiger partial charge < -0.3 is 35.9 Å². The van der Waals surface area contributed by atoms with E-state index in [1.54, 1.807) is 20.4 Å². The second-order valence-electron chi connectivity index (χ2n) is 7.72. The topological polar surface area (TPSA) is 121 Å². The summed E-state index contributed by atoms with van der Waals surface area (Å²) in [7, 11) is 7.25. The molecule has 33 heavy (non-hydrogen) atoms. The van der Waals surface area contributed by atoms with E-state index >= 15 is 0 Å². The highest BCUT2D eigenvalue weighted by Gasteiger charge is 2.15. The van der Waals surface area contributed by atoms with Crippen molar-refractivity contribution < 1.29 is 14.2 Å². The molecule has 0 saturated heterocycles. The summed E-state index contributed by atoms with van der Waals surface area (Å²) in [6, 6.07) is 12.1. The Morgan fingerprint density at radius 2 is 1.67 bits per heavy atom. The molecule has 3 aromatic rings. The van der Waals surface area contributed by atoms with Gasteiger partial charge in [0, 0.05) is 50.2 Å². The minimum atomic E-state index is 0.148. The van der Waals surface area contributed by atoms with E-state index in [4.69, 9.17) is 25.7 Å². The molecule has 5 N–H and O–H groups in total. The zero-order valence-electron chi connectivity index (χ0n) is 19.6. The van der Waals surface area contributed by atoms with Crippen LogP contribution in [-0.2, 0) is 6.42 Å².